The summed E-state index contributed by atoms with van der Waals surface area (Å²) in [5.41, 5.74) is 2.07. The first kappa shape index (κ1) is 17.9. The lowest BCUT2D eigenvalue weighted by Gasteiger charge is -2.36. The van der Waals surface area contributed by atoms with Gasteiger partial charge in [0.2, 0.25) is 11.8 Å². The summed E-state index contributed by atoms with van der Waals surface area (Å²) in [7, 11) is 0. The molecule has 0 atom stereocenters. The monoisotopic (exact) mass is 382 g/mol. The fraction of sp³-hybridized carbons (Fsp3) is 0.350. The van der Waals surface area contributed by atoms with Gasteiger partial charge in [-0.1, -0.05) is 12.1 Å². The van der Waals surface area contributed by atoms with Gasteiger partial charge in [-0.3, -0.25) is 14.6 Å². The lowest BCUT2D eigenvalue weighted by Crippen LogP contribution is -2.49. The molecule has 2 aliphatic rings. The van der Waals surface area contributed by atoms with Gasteiger partial charge in [-0.05, 0) is 24.3 Å². The van der Waals surface area contributed by atoms with Gasteiger partial charge in [0.1, 0.15) is 0 Å². The van der Waals surface area contributed by atoms with Crippen molar-refractivity contribution in [2.45, 2.75) is 11.3 Å². The summed E-state index contributed by atoms with van der Waals surface area (Å²) in [6, 6.07) is 11.9. The van der Waals surface area contributed by atoms with E-state index in [0.717, 1.165) is 29.4 Å². The Hall–Kier alpha value is -2.54. The van der Waals surface area contributed by atoms with E-state index in [2.05, 4.69) is 9.88 Å². The Kier molecular flexibility index (Phi) is 5.29. The first-order valence-electron chi connectivity index (χ1n) is 9.17. The van der Waals surface area contributed by atoms with Crippen LogP contribution in [0, 0.1) is 0 Å². The van der Waals surface area contributed by atoms with Crippen LogP contribution in [0.4, 0.5) is 11.4 Å². The SMILES string of the molecule is O=C(CCN1C(=O)CSc2ccccc21)N1CCN(c2ccncc2)CC1. The molecule has 1 fully saturated rings. The smallest absolute Gasteiger partial charge is 0.237 e. The number of benzene rings is 1. The molecule has 2 aromatic rings. The van der Waals surface area contributed by atoms with Crippen LogP contribution in [0.1, 0.15) is 6.42 Å². The Morgan fingerprint density at radius 2 is 1.78 bits per heavy atom. The summed E-state index contributed by atoms with van der Waals surface area (Å²) >= 11 is 1.56. The number of hydrogen-bond acceptors (Lipinski definition) is 5. The highest BCUT2D eigenvalue weighted by atomic mass is 32.2. The summed E-state index contributed by atoms with van der Waals surface area (Å²) < 4.78 is 0. The van der Waals surface area contributed by atoms with Crippen LogP contribution < -0.4 is 9.80 Å². The molecule has 1 saturated heterocycles. The highest BCUT2D eigenvalue weighted by molar-refractivity contribution is 8.00. The molecule has 2 amide bonds. The number of pyridine rings is 1. The maximum absolute atomic E-state index is 12.7. The van der Waals surface area contributed by atoms with Gasteiger partial charge in [0, 0.05) is 62.1 Å². The molecule has 6 nitrogen and oxygen atoms in total. The predicted octanol–water partition coefficient (Wildman–Crippen LogP) is 2.26. The molecule has 0 saturated carbocycles. The van der Waals surface area contributed by atoms with E-state index in [4.69, 9.17) is 0 Å². The minimum Gasteiger partial charge on any atom is -0.368 e. The molecule has 0 bridgehead atoms. The van der Waals surface area contributed by atoms with Crippen molar-refractivity contribution < 1.29 is 9.59 Å². The van der Waals surface area contributed by atoms with Gasteiger partial charge in [-0.25, -0.2) is 0 Å². The van der Waals surface area contributed by atoms with Gasteiger partial charge in [0.25, 0.3) is 0 Å². The van der Waals surface area contributed by atoms with Gasteiger partial charge in [-0.2, -0.15) is 0 Å². The van der Waals surface area contributed by atoms with Crippen molar-refractivity contribution in [1.82, 2.24) is 9.88 Å². The summed E-state index contributed by atoms with van der Waals surface area (Å²) in [6.45, 7) is 3.50. The van der Waals surface area contributed by atoms with Gasteiger partial charge in [0.05, 0.1) is 11.4 Å². The third kappa shape index (κ3) is 3.93. The molecule has 0 radical (unpaired) electrons. The molecule has 3 heterocycles. The molecule has 0 aliphatic carbocycles. The molecule has 1 aromatic heterocycles. The van der Waals surface area contributed by atoms with Crippen LogP contribution in [0.2, 0.25) is 0 Å². The summed E-state index contributed by atoms with van der Waals surface area (Å²) in [5.74, 6) is 0.636. The third-order valence-corrected chi connectivity index (χ3v) is 6.07. The average Bonchev–Trinajstić information content (AvgIpc) is 2.73. The zero-order chi connectivity index (χ0) is 18.6. The molecule has 0 spiro atoms. The number of carbonyl (C=O) groups is 2. The van der Waals surface area contributed by atoms with Crippen molar-refractivity contribution in [3.05, 3.63) is 48.8 Å². The molecular formula is C20H22N4O2S. The fourth-order valence-corrected chi connectivity index (χ4v) is 4.47. The Morgan fingerprint density at radius 1 is 1.04 bits per heavy atom. The number of piperazine rings is 1. The topological polar surface area (TPSA) is 56.8 Å². The first-order valence-corrected chi connectivity index (χ1v) is 10.2. The van der Waals surface area contributed by atoms with Crippen molar-refractivity contribution in [3.8, 4) is 0 Å². The van der Waals surface area contributed by atoms with Crippen molar-refractivity contribution in [2.75, 3.05) is 48.3 Å². The van der Waals surface area contributed by atoms with Crippen LogP contribution >= 0.6 is 11.8 Å². The lowest BCUT2D eigenvalue weighted by atomic mass is 10.2. The van der Waals surface area contributed by atoms with Gasteiger partial charge < -0.3 is 14.7 Å². The maximum atomic E-state index is 12.7. The van der Waals surface area contributed by atoms with Crippen molar-refractivity contribution in [2.24, 2.45) is 0 Å². The Balaban J connectivity index is 1.32. The van der Waals surface area contributed by atoms with E-state index in [9.17, 15) is 9.59 Å². The van der Waals surface area contributed by atoms with E-state index in [1.54, 1.807) is 29.1 Å². The first-order chi connectivity index (χ1) is 13.2. The standard InChI is InChI=1S/C20H22N4O2S/c25-19(23-13-11-22(12-14-23)16-5-8-21-9-6-16)7-10-24-17-3-1-2-4-18(17)27-15-20(24)26/h1-6,8-9H,7,10-15H2. The molecule has 0 unspecified atom stereocenters. The van der Waals surface area contributed by atoms with Crippen LogP contribution in [0.25, 0.3) is 0 Å². The van der Waals surface area contributed by atoms with Crippen LogP contribution in [-0.4, -0.2) is 60.2 Å². The minimum atomic E-state index is 0.0778. The Labute approximate surface area is 163 Å². The second-order valence-corrected chi connectivity index (χ2v) is 7.64. The van der Waals surface area contributed by atoms with E-state index < -0.39 is 0 Å². The molecule has 7 heteroatoms. The Bertz CT molecular complexity index is 822. The lowest BCUT2D eigenvalue weighted by molar-refractivity contribution is -0.131. The van der Waals surface area contributed by atoms with Crippen LogP contribution in [0.3, 0.4) is 0 Å². The zero-order valence-corrected chi connectivity index (χ0v) is 15.9. The second kappa shape index (κ2) is 8.00. The zero-order valence-electron chi connectivity index (χ0n) is 15.1. The van der Waals surface area contributed by atoms with Gasteiger partial charge in [0.15, 0.2) is 0 Å². The van der Waals surface area contributed by atoms with Crippen molar-refractivity contribution in [1.29, 1.82) is 0 Å². The largest absolute Gasteiger partial charge is 0.368 e. The van der Waals surface area contributed by atoms with E-state index >= 15 is 0 Å². The molecule has 2 aliphatic heterocycles. The number of rotatable bonds is 4. The number of aromatic nitrogens is 1. The number of thioether (sulfide) groups is 1. The third-order valence-electron chi connectivity index (χ3n) is 5.02. The van der Waals surface area contributed by atoms with Crippen LogP contribution in [0.5, 0.6) is 0 Å². The number of fused-ring (bicyclic) bond motifs is 1. The Morgan fingerprint density at radius 3 is 2.56 bits per heavy atom. The molecule has 140 valence electrons. The van der Waals surface area contributed by atoms with Crippen LogP contribution in [0.15, 0.2) is 53.7 Å². The number of hydrogen-bond donors (Lipinski definition) is 0. The molecule has 1 aromatic carbocycles. The molecule has 4 rings (SSSR count). The van der Waals surface area contributed by atoms with Crippen molar-refractivity contribution >= 4 is 35.0 Å². The van der Waals surface area contributed by atoms with E-state index in [-0.39, 0.29) is 11.8 Å². The number of nitrogens with zero attached hydrogens (tertiary/aromatic N) is 4. The van der Waals surface area contributed by atoms with E-state index in [1.165, 1.54) is 0 Å². The van der Waals surface area contributed by atoms with E-state index in [0.29, 0.717) is 31.8 Å². The van der Waals surface area contributed by atoms with Crippen LogP contribution in [-0.2, 0) is 9.59 Å². The highest BCUT2D eigenvalue weighted by Crippen LogP contribution is 2.34. The fourth-order valence-electron chi connectivity index (χ4n) is 3.53. The summed E-state index contributed by atoms with van der Waals surface area (Å²) in [4.78, 5) is 36.1. The highest BCUT2D eigenvalue weighted by Gasteiger charge is 2.26. The minimum absolute atomic E-state index is 0.0778. The average molecular weight is 382 g/mol. The number of para-hydroxylation sites is 1. The summed E-state index contributed by atoms with van der Waals surface area (Å²) in [5, 5.41) is 0. The molecular weight excluding hydrogens is 360 g/mol. The van der Waals surface area contributed by atoms with E-state index in [1.807, 2.05) is 41.3 Å². The van der Waals surface area contributed by atoms with Crippen molar-refractivity contribution in [3.63, 3.8) is 0 Å². The van der Waals surface area contributed by atoms with Gasteiger partial charge >= 0.3 is 0 Å². The summed E-state index contributed by atoms with van der Waals surface area (Å²) in [6.07, 6.45) is 3.94. The molecule has 0 N–H and O–H groups in total. The number of amides is 2. The predicted molar refractivity (Wildman–Crippen MR) is 107 cm³/mol. The second-order valence-electron chi connectivity index (χ2n) is 6.63. The normalized spacial score (nSPS) is 17.0. The van der Waals surface area contributed by atoms with Gasteiger partial charge in [-0.15, -0.1) is 11.8 Å². The quantitative estimate of drug-likeness (QED) is 0.812. The number of carbonyl (C=O) groups excluding carboxylic acids is 2. The number of anilines is 2. The molecule has 27 heavy (non-hydrogen) atoms. The maximum Gasteiger partial charge on any atom is 0.237 e.